The lowest BCUT2D eigenvalue weighted by atomic mass is 10.1. The molecule has 28 heavy (non-hydrogen) atoms. The Morgan fingerprint density at radius 2 is 2.07 bits per heavy atom. The van der Waals surface area contributed by atoms with E-state index in [2.05, 4.69) is 22.4 Å². The average molecular weight is 398 g/mol. The molecule has 3 rings (SSSR count). The van der Waals surface area contributed by atoms with Gasteiger partial charge in [0.05, 0.1) is 25.2 Å². The molecular weight excluding hydrogens is 374 g/mol. The normalized spacial score (nSPS) is 17.9. The smallest absolute Gasteiger partial charge is 0.239 e. The number of thioether (sulfide) groups is 1. The molecular formula is C21H23N3O3S. The molecule has 2 aromatic carbocycles. The number of amides is 1. The van der Waals surface area contributed by atoms with Gasteiger partial charge >= 0.3 is 0 Å². The number of methoxy groups -OCH3 is 1. The summed E-state index contributed by atoms with van der Waals surface area (Å²) in [7, 11) is 1.63. The van der Waals surface area contributed by atoms with Crippen LogP contribution in [0.15, 0.2) is 58.7 Å². The topological polar surface area (TPSA) is 72.3 Å². The van der Waals surface area contributed by atoms with Crippen molar-refractivity contribution < 1.29 is 14.3 Å². The fourth-order valence-electron chi connectivity index (χ4n) is 2.67. The Morgan fingerprint density at radius 3 is 2.89 bits per heavy atom. The Balaban J connectivity index is 1.63. The number of carbonyl (C=O) groups is 1. The van der Waals surface area contributed by atoms with Gasteiger partial charge in [-0.25, -0.2) is 0 Å². The highest BCUT2D eigenvalue weighted by molar-refractivity contribution is 8.15. The third kappa shape index (κ3) is 5.36. The van der Waals surface area contributed by atoms with E-state index in [1.165, 1.54) is 11.8 Å². The molecule has 1 fully saturated rings. The van der Waals surface area contributed by atoms with Crippen LogP contribution in [0.4, 0.5) is 0 Å². The minimum atomic E-state index is -0.235. The quantitative estimate of drug-likeness (QED) is 0.545. The van der Waals surface area contributed by atoms with Gasteiger partial charge in [-0.3, -0.25) is 4.79 Å². The summed E-state index contributed by atoms with van der Waals surface area (Å²) >= 11 is 1.38. The second-order valence-corrected chi connectivity index (χ2v) is 7.38. The molecule has 2 aromatic rings. The van der Waals surface area contributed by atoms with Crippen LogP contribution in [0.2, 0.25) is 0 Å². The molecule has 1 N–H and O–H groups in total. The van der Waals surface area contributed by atoms with Crippen molar-refractivity contribution in [3.8, 4) is 11.5 Å². The van der Waals surface area contributed by atoms with Crippen molar-refractivity contribution in [2.75, 3.05) is 13.7 Å². The van der Waals surface area contributed by atoms with E-state index in [1.807, 2.05) is 48.5 Å². The number of amidine groups is 1. The van der Waals surface area contributed by atoms with Crippen LogP contribution in [0.5, 0.6) is 11.5 Å². The van der Waals surface area contributed by atoms with Gasteiger partial charge in [-0.2, -0.15) is 5.10 Å². The molecule has 7 heteroatoms. The summed E-state index contributed by atoms with van der Waals surface area (Å²) in [6.07, 6.45) is 3.18. The van der Waals surface area contributed by atoms with Crippen LogP contribution in [0.25, 0.3) is 0 Å². The van der Waals surface area contributed by atoms with Crippen molar-refractivity contribution >= 4 is 29.1 Å². The zero-order chi connectivity index (χ0) is 19.8. The monoisotopic (exact) mass is 397 g/mol. The first-order chi connectivity index (χ1) is 13.7. The zero-order valence-corrected chi connectivity index (χ0v) is 16.7. The summed E-state index contributed by atoms with van der Waals surface area (Å²) in [5.74, 6) is 1.49. The Hall–Kier alpha value is -2.80. The fraction of sp³-hybridized carbons (Fsp3) is 0.286. The second-order valence-electron chi connectivity index (χ2n) is 6.19. The molecule has 1 amide bonds. The molecule has 6 nitrogen and oxygen atoms in total. The largest absolute Gasteiger partial charge is 0.497 e. The van der Waals surface area contributed by atoms with Crippen LogP contribution < -0.4 is 14.8 Å². The van der Waals surface area contributed by atoms with Crippen LogP contribution in [-0.4, -0.2) is 36.3 Å². The van der Waals surface area contributed by atoms with Crippen molar-refractivity contribution in [1.29, 1.82) is 0 Å². The minimum Gasteiger partial charge on any atom is -0.497 e. The van der Waals surface area contributed by atoms with E-state index in [-0.39, 0.29) is 11.2 Å². The van der Waals surface area contributed by atoms with Crippen molar-refractivity contribution in [2.24, 2.45) is 10.2 Å². The zero-order valence-electron chi connectivity index (χ0n) is 15.9. The predicted molar refractivity (Wildman–Crippen MR) is 113 cm³/mol. The molecule has 1 aliphatic heterocycles. The first kappa shape index (κ1) is 19.9. The molecule has 1 heterocycles. The molecule has 0 aromatic heterocycles. The summed E-state index contributed by atoms with van der Waals surface area (Å²) in [5.41, 5.74) is 1.89. The second kappa shape index (κ2) is 9.94. The third-order valence-corrected chi connectivity index (χ3v) is 5.13. The van der Waals surface area contributed by atoms with Gasteiger partial charge in [0.25, 0.3) is 0 Å². The van der Waals surface area contributed by atoms with Crippen molar-refractivity contribution in [3.05, 3.63) is 59.7 Å². The summed E-state index contributed by atoms with van der Waals surface area (Å²) < 4.78 is 10.9. The van der Waals surface area contributed by atoms with Crippen LogP contribution >= 0.6 is 11.8 Å². The Bertz CT molecular complexity index is 883. The van der Waals surface area contributed by atoms with E-state index in [1.54, 1.807) is 13.3 Å². The van der Waals surface area contributed by atoms with Gasteiger partial charge in [0.2, 0.25) is 5.91 Å². The average Bonchev–Trinajstić information content (AvgIpc) is 3.06. The molecule has 0 radical (unpaired) electrons. The van der Waals surface area contributed by atoms with Gasteiger partial charge in [0.1, 0.15) is 11.5 Å². The van der Waals surface area contributed by atoms with Gasteiger partial charge in [0, 0.05) is 5.56 Å². The molecule has 1 atom stereocenters. The third-order valence-electron chi connectivity index (χ3n) is 4.06. The number of nitrogens with one attached hydrogen (secondary N) is 1. The summed E-state index contributed by atoms with van der Waals surface area (Å²) in [5, 5.41) is 11.3. The van der Waals surface area contributed by atoms with E-state index in [9.17, 15) is 4.79 Å². The van der Waals surface area contributed by atoms with Crippen LogP contribution in [-0.2, 0) is 11.2 Å². The SMILES string of the molecule is CCCOc1ccccc1/C=N\N=C1/NC(=O)[C@@H](Cc2cccc(OC)c2)S1. The first-order valence-electron chi connectivity index (χ1n) is 9.13. The number of carbonyl (C=O) groups excluding carboxylic acids is 1. The molecule has 0 aliphatic carbocycles. The first-order valence-corrected chi connectivity index (χ1v) is 10.0. The maximum atomic E-state index is 12.2. The molecule has 0 saturated carbocycles. The number of rotatable bonds is 8. The van der Waals surface area contributed by atoms with Crippen LogP contribution in [0.1, 0.15) is 24.5 Å². The highest BCUT2D eigenvalue weighted by atomic mass is 32.2. The van der Waals surface area contributed by atoms with Crippen molar-refractivity contribution in [3.63, 3.8) is 0 Å². The predicted octanol–water partition coefficient (Wildman–Crippen LogP) is 3.65. The number of hydrogen-bond acceptors (Lipinski definition) is 6. The number of para-hydroxylation sites is 1. The highest BCUT2D eigenvalue weighted by Gasteiger charge is 2.30. The van der Waals surface area contributed by atoms with Gasteiger partial charge < -0.3 is 14.8 Å². The van der Waals surface area contributed by atoms with E-state index in [4.69, 9.17) is 9.47 Å². The molecule has 0 bridgehead atoms. The number of ether oxygens (including phenoxy) is 2. The molecule has 146 valence electrons. The number of hydrogen-bond donors (Lipinski definition) is 1. The summed E-state index contributed by atoms with van der Waals surface area (Å²) in [6, 6.07) is 15.4. The Kier molecular flexibility index (Phi) is 7.08. The molecule has 1 aliphatic rings. The number of nitrogens with zero attached hydrogens (tertiary/aromatic N) is 2. The molecule has 0 unspecified atom stereocenters. The lowest BCUT2D eigenvalue weighted by Crippen LogP contribution is -2.25. The Morgan fingerprint density at radius 1 is 1.21 bits per heavy atom. The van der Waals surface area contributed by atoms with Gasteiger partial charge in [0.15, 0.2) is 5.17 Å². The molecule has 1 saturated heterocycles. The molecule has 0 spiro atoms. The van der Waals surface area contributed by atoms with Gasteiger partial charge in [-0.1, -0.05) is 43.0 Å². The summed E-state index contributed by atoms with van der Waals surface area (Å²) in [6.45, 7) is 2.71. The van der Waals surface area contributed by atoms with Crippen LogP contribution in [0, 0.1) is 0 Å². The van der Waals surface area contributed by atoms with E-state index in [0.29, 0.717) is 18.2 Å². The van der Waals surface area contributed by atoms with Crippen molar-refractivity contribution in [2.45, 2.75) is 25.0 Å². The summed E-state index contributed by atoms with van der Waals surface area (Å²) in [4.78, 5) is 12.2. The number of benzene rings is 2. The lowest BCUT2D eigenvalue weighted by Gasteiger charge is -2.07. The van der Waals surface area contributed by atoms with Gasteiger partial charge in [-0.05, 0) is 42.7 Å². The maximum absolute atomic E-state index is 12.2. The highest BCUT2D eigenvalue weighted by Crippen LogP contribution is 2.25. The van der Waals surface area contributed by atoms with E-state index >= 15 is 0 Å². The van der Waals surface area contributed by atoms with E-state index < -0.39 is 0 Å². The standard InChI is InChI=1S/C21H23N3O3S/c1-3-11-27-18-10-5-4-8-16(18)14-22-24-21-23-20(25)19(28-21)13-15-7-6-9-17(12-15)26-2/h4-10,12,14,19H,3,11,13H2,1-2H3,(H,23,24,25)/b22-14-/t19-/m1/s1. The minimum absolute atomic E-state index is 0.0616. The fourth-order valence-corrected chi connectivity index (χ4v) is 3.64. The lowest BCUT2D eigenvalue weighted by molar-refractivity contribution is -0.118. The van der Waals surface area contributed by atoms with E-state index in [0.717, 1.165) is 29.0 Å². The van der Waals surface area contributed by atoms with Gasteiger partial charge in [-0.15, -0.1) is 5.10 Å². The Labute approximate surface area is 169 Å². The van der Waals surface area contributed by atoms with Crippen LogP contribution in [0.3, 0.4) is 0 Å². The maximum Gasteiger partial charge on any atom is 0.239 e. The van der Waals surface area contributed by atoms with Crippen molar-refractivity contribution in [1.82, 2.24) is 5.32 Å².